The number of hydrogen-bond acceptors (Lipinski definition) is 3. The summed E-state index contributed by atoms with van der Waals surface area (Å²) in [5.41, 5.74) is 1.01. The van der Waals surface area contributed by atoms with E-state index in [1.165, 1.54) is 0 Å². The minimum atomic E-state index is -0.00879. The van der Waals surface area contributed by atoms with Crippen LogP contribution in [0.25, 0.3) is 0 Å². The van der Waals surface area contributed by atoms with Crippen molar-refractivity contribution >= 4 is 5.84 Å². The van der Waals surface area contributed by atoms with Gasteiger partial charge in [-0.3, -0.25) is 9.98 Å². The van der Waals surface area contributed by atoms with Crippen molar-refractivity contribution in [3.8, 4) is 0 Å². The minimum absolute atomic E-state index is 0.00879. The minimum Gasteiger partial charge on any atom is -0.362 e. The van der Waals surface area contributed by atoms with Crippen molar-refractivity contribution in [2.24, 2.45) is 4.99 Å². The van der Waals surface area contributed by atoms with E-state index in [-0.39, 0.29) is 6.23 Å². The Morgan fingerprint density at radius 3 is 2.88 bits per heavy atom. The van der Waals surface area contributed by atoms with Gasteiger partial charge >= 0.3 is 0 Å². The van der Waals surface area contributed by atoms with Crippen LogP contribution in [-0.4, -0.2) is 42.6 Å². The summed E-state index contributed by atoms with van der Waals surface area (Å²) in [6, 6.07) is 3.91. The van der Waals surface area contributed by atoms with Crippen LogP contribution in [0.4, 0.5) is 0 Å². The van der Waals surface area contributed by atoms with Gasteiger partial charge in [-0.15, -0.1) is 0 Å². The number of aliphatic imine (C=N–C) groups is 1. The summed E-state index contributed by atoms with van der Waals surface area (Å²) in [6.07, 6.45) is 3.56. The molecule has 1 aromatic heterocycles. The van der Waals surface area contributed by atoms with Crippen LogP contribution < -0.4 is 0 Å². The highest BCUT2D eigenvalue weighted by Gasteiger charge is 2.14. The molecule has 4 nitrogen and oxygen atoms in total. The fourth-order valence-corrected chi connectivity index (χ4v) is 1.38. The van der Waals surface area contributed by atoms with E-state index in [9.17, 15) is 0 Å². The average Bonchev–Trinajstić information content (AvgIpc) is 2.35. The molecule has 0 saturated heterocycles. The Hall–Kier alpha value is -1.42. The van der Waals surface area contributed by atoms with E-state index in [2.05, 4.69) is 9.98 Å². The maximum atomic E-state index is 5.29. The quantitative estimate of drug-likeness (QED) is 0.442. The van der Waals surface area contributed by atoms with Crippen molar-refractivity contribution in [1.29, 1.82) is 0 Å². The molecule has 0 fully saturated rings. The summed E-state index contributed by atoms with van der Waals surface area (Å²) < 4.78 is 5.29. The Kier molecular flexibility index (Phi) is 4.92. The Balaban J connectivity index is 2.97. The maximum absolute atomic E-state index is 5.29. The second kappa shape index (κ2) is 6.23. The number of pyridine rings is 1. The van der Waals surface area contributed by atoms with Crippen molar-refractivity contribution in [2.75, 3.05) is 20.7 Å². The molecule has 0 amide bonds. The van der Waals surface area contributed by atoms with Crippen molar-refractivity contribution in [2.45, 2.75) is 20.1 Å². The van der Waals surface area contributed by atoms with Gasteiger partial charge in [-0.2, -0.15) is 0 Å². The van der Waals surface area contributed by atoms with Gasteiger partial charge in [0.2, 0.25) is 0 Å². The highest BCUT2D eigenvalue weighted by molar-refractivity contribution is 5.98. The second-order valence-corrected chi connectivity index (χ2v) is 3.49. The average molecular weight is 221 g/mol. The number of aromatic nitrogens is 1. The molecular weight excluding hydrogens is 202 g/mol. The van der Waals surface area contributed by atoms with Gasteiger partial charge in [0.15, 0.2) is 0 Å². The zero-order valence-electron chi connectivity index (χ0n) is 10.3. The van der Waals surface area contributed by atoms with Crippen LogP contribution in [0.5, 0.6) is 0 Å². The van der Waals surface area contributed by atoms with E-state index in [0.29, 0.717) is 0 Å². The van der Waals surface area contributed by atoms with Crippen LogP contribution in [0, 0.1) is 0 Å². The monoisotopic (exact) mass is 221 g/mol. The number of rotatable bonds is 4. The SMILES string of the molecule is CC/N=C(/c1cccnc1)N(C)C(C)OC. The molecule has 0 aromatic carbocycles. The third-order valence-electron chi connectivity index (χ3n) is 2.45. The molecule has 1 unspecified atom stereocenters. The first-order chi connectivity index (χ1) is 7.70. The first-order valence-electron chi connectivity index (χ1n) is 5.41. The molecule has 0 radical (unpaired) electrons. The topological polar surface area (TPSA) is 37.7 Å². The van der Waals surface area contributed by atoms with E-state index >= 15 is 0 Å². The Morgan fingerprint density at radius 1 is 1.62 bits per heavy atom. The summed E-state index contributed by atoms with van der Waals surface area (Å²) in [6.45, 7) is 4.74. The predicted octanol–water partition coefficient (Wildman–Crippen LogP) is 1.77. The Labute approximate surface area is 97.0 Å². The molecule has 0 aliphatic heterocycles. The molecule has 0 spiro atoms. The lowest BCUT2D eigenvalue weighted by atomic mass is 10.2. The summed E-state index contributed by atoms with van der Waals surface area (Å²) in [4.78, 5) is 10.6. The number of hydrogen-bond donors (Lipinski definition) is 0. The molecule has 16 heavy (non-hydrogen) atoms. The largest absolute Gasteiger partial charge is 0.362 e. The number of ether oxygens (including phenoxy) is 1. The molecular formula is C12H19N3O. The van der Waals surface area contributed by atoms with Crippen LogP contribution in [0.2, 0.25) is 0 Å². The maximum Gasteiger partial charge on any atom is 0.134 e. The zero-order valence-corrected chi connectivity index (χ0v) is 10.3. The number of nitrogens with zero attached hydrogens (tertiary/aromatic N) is 3. The van der Waals surface area contributed by atoms with E-state index in [4.69, 9.17) is 4.74 Å². The molecule has 1 rings (SSSR count). The van der Waals surface area contributed by atoms with Crippen LogP contribution in [-0.2, 0) is 4.74 Å². The van der Waals surface area contributed by atoms with Crippen molar-refractivity contribution in [1.82, 2.24) is 9.88 Å². The van der Waals surface area contributed by atoms with Gasteiger partial charge in [-0.05, 0) is 26.0 Å². The van der Waals surface area contributed by atoms with E-state index < -0.39 is 0 Å². The summed E-state index contributed by atoms with van der Waals surface area (Å²) in [5, 5.41) is 0. The zero-order chi connectivity index (χ0) is 12.0. The van der Waals surface area contributed by atoms with Gasteiger partial charge in [0.25, 0.3) is 0 Å². The molecule has 1 heterocycles. The van der Waals surface area contributed by atoms with Crippen molar-refractivity contribution in [3.05, 3.63) is 30.1 Å². The molecule has 88 valence electrons. The fraction of sp³-hybridized carbons (Fsp3) is 0.500. The summed E-state index contributed by atoms with van der Waals surface area (Å²) in [5.74, 6) is 0.907. The normalized spacial score (nSPS) is 13.6. The lowest BCUT2D eigenvalue weighted by Gasteiger charge is -2.26. The predicted molar refractivity (Wildman–Crippen MR) is 65.5 cm³/mol. The van der Waals surface area contributed by atoms with E-state index in [1.807, 2.05) is 44.1 Å². The van der Waals surface area contributed by atoms with Crippen LogP contribution in [0.1, 0.15) is 19.4 Å². The Bertz CT molecular complexity index is 337. The van der Waals surface area contributed by atoms with Gasteiger partial charge < -0.3 is 9.64 Å². The van der Waals surface area contributed by atoms with E-state index in [0.717, 1.165) is 17.9 Å². The van der Waals surface area contributed by atoms with Crippen LogP contribution in [0.15, 0.2) is 29.5 Å². The molecule has 0 bridgehead atoms. The molecule has 1 aromatic rings. The van der Waals surface area contributed by atoms with Gasteiger partial charge in [0.05, 0.1) is 0 Å². The molecule has 0 aliphatic carbocycles. The lowest BCUT2D eigenvalue weighted by molar-refractivity contribution is 0.0352. The summed E-state index contributed by atoms with van der Waals surface area (Å²) >= 11 is 0. The van der Waals surface area contributed by atoms with Gasteiger partial charge in [0, 0.05) is 38.7 Å². The first-order valence-corrected chi connectivity index (χ1v) is 5.41. The number of methoxy groups -OCH3 is 1. The fourth-order valence-electron chi connectivity index (χ4n) is 1.38. The molecule has 0 aliphatic rings. The highest BCUT2D eigenvalue weighted by atomic mass is 16.5. The molecule has 1 atom stereocenters. The molecule has 4 heteroatoms. The smallest absolute Gasteiger partial charge is 0.134 e. The van der Waals surface area contributed by atoms with Crippen molar-refractivity contribution < 1.29 is 4.74 Å². The highest BCUT2D eigenvalue weighted by Crippen LogP contribution is 2.07. The van der Waals surface area contributed by atoms with Gasteiger partial charge in [-0.1, -0.05) is 0 Å². The Morgan fingerprint density at radius 2 is 2.38 bits per heavy atom. The molecule has 0 N–H and O–H groups in total. The lowest BCUT2D eigenvalue weighted by Crippen LogP contribution is -2.37. The number of amidine groups is 1. The van der Waals surface area contributed by atoms with Gasteiger partial charge in [0.1, 0.15) is 12.1 Å². The summed E-state index contributed by atoms with van der Waals surface area (Å²) in [7, 11) is 3.66. The van der Waals surface area contributed by atoms with Crippen LogP contribution >= 0.6 is 0 Å². The van der Waals surface area contributed by atoms with Crippen molar-refractivity contribution in [3.63, 3.8) is 0 Å². The van der Waals surface area contributed by atoms with Gasteiger partial charge in [-0.25, -0.2) is 0 Å². The molecule has 0 saturated carbocycles. The third-order valence-corrected chi connectivity index (χ3v) is 2.45. The first kappa shape index (κ1) is 12.6. The third kappa shape index (κ3) is 3.03. The van der Waals surface area contributed by atoms with Crippen LogP contribution in [0.3, 0.4) is 0 Å². The second-order valence-electron chi connectivity index (χ2n) is 3.49. The van der Waals surface area contributed by atoms with E-state index in [1.54, 1.807) is 13.3 Å². The standard InChI is InChI=1S/C12H19N3O/c1-5-14-12(15(3)10(2)16-4)11-7-6-8-13-9-11/h6-10H,5H2,1-4H3/b14-12-.